The maximum absolute atomic E-state index is 12.6. The Bertz CT molecular complexity index is 941. The van der Waals surface area contributed by atoms with Crippen molar-refractivity contribution < 1.29 is 47.8 Å². The number of carbonyl (C=O) groups excluding carboxylic acids is 2. The lowest BCUT2D eigenvalue weighted by molar-refractivity contribution is -0.161. The minimum atomic E-state index is -4.63. The lowest BCUT2D eigenvalue weighted by Crippen LogP contribution is -2.29. The van der Waals surface area contributed by atoms with Gasteiger partial charge in [0.25, 0.3) is 0 Å². The fraction of sp³-hybridized carbons (Fsp3) is 0.857. The van der Waals surface area contributed by atoms with E-state index < -0.39 is 51.8 Å². The Morgan fingerprint density at radius 1 is 0.547 bits per heavy atom. The average molecular weight is 775 g/mol. The highest BCUT2D eigenvalue weighted by Gasteiger charge is 2.27. The third-order valence-electron chi connectivity index (χ3n) is 9.10. The molecule has 0 aromatic heterocycles. The molecule has 53 heavy (non-hydrogen) atoms. The predicted molar refractivity (Wildman–Crippen MR) is 215 cm³/mol. The fourth-order valence-electron chi connectivity index (χ4n) is 5.79. The Balaban J connectivity index is 4.38. The van der Waals surface area contributed by atoms with Crippen molar-refractivity contribution in [3.8, 4) is 0 Å². The lowest BCUT2D eigenvalue weighted by atomic mass is 10.1. The zero-order valence-corrected chi connectivity index (χ0v) is 34.6. The van der Waals surface area contributed by atoms with Crippen molar-refractivity contribution in [1.82, 2.24) is 0 Å². The molecule has 3 unspecified atom stereocenters. The minimum absolute atomic E-state index is 0.0963. The molecule has 0 rings (SSSR count). The Labute approximate surface area is 323 Å². The molecule has 0 saturated carbocycles. The van der Waals surface area contributed by atoms with Gasteiger partial charge < -0.3 is 24.6 Å². The molecule has 0 amide bonds. The first-order valence-electron chi connectivity index (χ1n) is 21.3. The maximum Gasteiger partial charge on any atom is 0.472 e. The first-order chi connectivity index (χ1) is 25.7. The van der Waals surface area contributed by atoms with Gasteiger partial charge in [-0.05, 0) is 38.5 Å². The summed E-state index contributed by atoms with van der Waals surface area (Å²) in [6.07, 6.45) is 37.4. The number of ether oxygens (including phenoxy) is 2. The second-order valence-electron chi connectivity index (χ2n) is 14.4. The second-order valence-corrected chi connectivity index (χ2v) is 15.8. The van der Waals surface area contributed by atoms with Gasteiger partial charge in [0.05, 0.1) is 19.8 Å². The highest BCUT2D eigenvalue weighted by molar-refractivity contribution is 7.47. The van der Waals surface area contributed by atoms with Crippen LogP contribution in [0.2, 0.25) is 0 Å². The van der Waals surface area contributed by atoms with Crippen molar-refractivity contribution in [2.45, 2.75) is 206 Å². The number of carbonyl (C=O) groups is 2. The van der Waals surface area contributed by atoms with Gasteiger partial charge in [0.15, 0.2) is 6.10 Å². The average Bonchev–Trinajstić information content (AvgIpc) is 3.14. The zero-order chi connectivity index (χ0) is 39.1. The molecular weight excluding hydrogens is 695 g/mol. The number of hydrogen-bond acceptors (Lipinski definition) is 9. The summed E-state index contributed by atoms with van der Waals surface area (Å²) < 4.78 is 32.6. The third-order valence-corrected chi connectivity index (χ3v) is 10.1. The van der Waals surface area contributed by atoms with Crippen molar-refractivity contribution in [3.05, 3.63) is 24.3 Å². The highest BCUT2D eigenvalue weighted by atomic mass is 31.2. The molecule has 0 aliphatic rings. The van der Waals surface area contributed by atoms with E-state index in [0.717, 1.165) is 25.7 Å². The number of hydrogen-bond donors (Lipinski definition) is 3. The van der Waals surface area contributed by atoms with E-state index in [9.17, 15) is 24.2 Å². The van der Waals surface area contributed by atoms with Crippen LogP contribution < -0.4 is 0 Å². The van der Waals surface area contributed by atoms with Crippen LogP contribution >= 0.6 is 7.82 Å². The van der Waals surface area contributed by atoms with Crippen LogP contribution in [0.3, 0.4) is 0 Å². The van der Waals surface area contributed by atoms with Crippen LogP contribution in [0.1, 0.15) is 194 Å². The molecule has 0 spiro atoms. The molecule has 0 aromatic rings. The highest BCUT2D eigenvalue weighted by Crippen LogP contribution is 2.43. The van der Waals surface area contributed by atoms with Crippen molar-refractivity contribution in [2.75, 3.05) is 26.4 Å². The summed E-state index contributed by atoms with van der Waals surface area (Å²) in [7, 11) is -4.63. The van der Waals surface area contributed by atoms with Crippen LogP contribution in [0.4, 0.5) is 0 Å². The molecule has 312 valence electrons. The van der Waals surface area contributed by atoms with Gasteiger partial charge in [0.2, 0.25) is 0 Å². The maximum atomic E-state index is 12.6. The molecule has 0 fully saturated rings. The first-order valence-corrected chi connectivity index (χ1v) is 22.8. The Morgan fingerprint density at radius 3 is 1.36 bits per heavy atom. The monoisotopic (exact) mass is 775 g/mol. The molecule has 0 bridgehead atoms. The molecular formula is C42H79O10P. The van der Waals surface area contributed by atoms with E-state index in [2.05, 4.69) is 30.5 Å². The van der Waals surface area contributed by atoms with Gasteiger partial charge >= 0.3 is 19.8 Å². The molecule has 0 saturated heterocycles. The van der Waals surface area contributed by atoms with Crippen LogP contribution in [0.25, 0.3) is 0 Å². The van der Waals surface area contributed by atoms with Crippen molar-refractivity contribution in [2.24, 2.45) is 0 Å². The molecule has 0 aromatic carbocycles. The predicted octanol–water partition coefficient (Wildman–Crippen LogP) is 11.0. The van der Waals surface area contributed by atoms with E-state index in [1.54, 1.807) is 0 Å². The summed E-state index contributed by atoms with van der Waals surface area (Å²) in [5, 5.41) is 18.3. The number of rotatable bonds is 40. The van der Waals surface area contributed by atoms with Gasteiger partial charge in [-0.2, -0.15) is 0 Å². The SMILES string of the molecule is CCCCCCCCCCCCCC=CCCC(=O)OCC(COP(=O)(O)OCC(O)CO)OC(=O)CCC=CCCCCCCCCCCCCC. The molecule has 3 N–H and O–H groups in total. The Hall–Kier alpha value is -1.55. The number of aliphatic hydroxyl groups excluding tert-OH is 2. The molecule has 11 heteroatoms. The summed E-state index contributed by atoms with van der Waals surface area (Å²) in [6, 6.07) is 0. The van der Waals surface area contributed by atoms with Crippen molar-refractivity contribution >= 4 is 19.8 Å². The first kappa shape index (κ1) is 51.5. The fourth-order valence-corrected chi connectivity index (χ4v) is 6.58. The van der Waals surface area contributed by atoms with Gasteiger partial charge in [-0.25, -0.2) is 4.57 Å². The number of aliphatic hydroxyl groups is 2. The Kier molecular flexibility index (Phi) is 37.6. The van der Waals surface area contributed by atoms with E-state index in [1.165, 1.54) is 128 Å². The van der Waals surface area contributed by atoms with E-state index in [0.29, 0.717) is 12.8 Å². The molecule has 0 radical (unpaired) electrons. The number of phosphoric ester groups is 1. The van der Waals surface area contributed by atoms with Crippen molar-refractivity contribution in [1.29, 1.82) is 0 Å². The molecule has 0 aliphatic heterocycles. The number of phosphoric acid groups is 1. The van der Waals surface area contributed by atoms with E-state index in [-0.39, 0.29) is 19.4 Å². The standard InChI is InChI=1S/C42H79O10P/c1-3-5-7-9-11-13-15-17-19-21-23-25-27-29-31-33-41(45)49-37-40(38-51-53(47,48)50-36-39(44)35-43)52-42(46)34-32-30-28-26-24-22-20-18-16-14-12-10-8-6-4-2/h27-30,39-40,43-44H,3-26,31-38H2,1-2H3,(H,47,48). The summed E-state index contributed by atoms with van der Waals surface area (Å²) in [4.78, 5) is 34.9. The van der Waals surface area contributed by atoms with Gasteiger partial charge in [-0.15, -0.1) is 0 Å². The topological polar surface area (TPSA) is 149 Å². The van der Waals surface area contributed by atoms with Crippen LogP contribution in [-0.4, -0.2) is 65.7 Å². The second kappa shape index (κ2) is 38.7. The van der Waals surface area contributed by atoms with Gasteiger partial charge in [0, 0.05) is 12.8 Å². The lowest BCUT2D eigenvalue weighted by Gasteiger charge is -2.20. The zero-order valence-electron chi connectivity index (χ0n) is 33.7. The van der Waals surface area contributed by atoms with Gasteiger partial charge in [0.1, 0.15) is 12.7 Å². The van der Waals surface area contributed by atoms with E-state index >= 15 is 0 Å². The normalized spacial score (nSPS) is 14.1. The van der Waals surface area contributed by atoms with Crippen LogP contribution in [-0.2, 0) is 32.7 Å². The number of allylic oxidation sites excluding steroid dienone is 4. The summed E-state index contributed by atoms with van der Waals surface area (Å²) >= 11 is 0. The number of unbranched alkanes of at least 4 members (excludes halogenated alkanes) is 22. The Morgan fingerprint density at radius 2 is 0.925 bits per heavy atom. The third kappa shape index (κ3) is 38.5. The summed E-state index contributed by atoms with van der Waals surface area (Å²) in [5.41, 5.74) is 0. The molecule has 10 nitrogen and oxygen atoms in total. The van der Waals surface area contributed by atoms with Crippen molar-refractivity contribution in [3.63, 3.8) is 0 Å². The smallest absolute Gasteiger partial charge is 0.462 e. The minimum Gasteiger partial charge on any atom is -0.462 e. The summed E-state index contributed by atoms with van der Waals surface area (Å²) in [5.74, 6) is -1.03. The van der Waals surface area contributed by atoms with Crippen LogP contribution in [0.15, 0.2) is 24.3 Å². The largest absolute Gasteiger partial charge is 0.472 e. The molecule has 0 heterocycles. The number of esters is 2. The molecule has 3 atom stereocenters. The van der Waals surface area contributed by atoms with E-state index in [1.807, 2.05) is 12.2 Å². The van der Waals surface area contributed by atoms with Gasteiger partial charge in [-0.1, -0.05) is 167 Å². The van der Waals surface area contributed by atoms with Gasteiger partial charge in [-0.3, -0.25) is 18.6 Å². The summed E-state index contributed by atoms with van der Waals surface area (Å²) in [6.45, 7) is 2.31. The van der Waals surface area contributed by atoms with E-state index in [4.69, 9.17) is 19.1 Å². The van der Waals surface area contributed by atoms with Crippen LogP contribution in [0, 0.1) is 0 Å². The molecule has 0 aliphatic carbocycles. The van der Waals surface area contributed by atoms with Crippen LogP contribution in [0.5, 0.6) is 0 Å². The quantitative estimate of drug-likeness (QED) is 0.0238.